The van der Waals surface area contributed by atoms with Crippen molar-refractivity contribution < 1.29 is 14.6 Å². The monoisotopic (exact) mass is 409 g/mol. The standard InChI is InChI=1S/C24H31N3O3/c28-22(29)15-18(20-14-19-11-13-30-24(19)26-16-20)6-3-1-2-4-8-21-10-9-17-7-5-12-25-23(17)27-21/h9-10,14,16,18H,1-8,11-13,15H2,(H,25,27)(H,28,29)/t18-/m1/s1. The molecule has 2 aromatic heterocycles. The molecular formula is C24H31N3O3. The van der Waals surface area contributed by atoms with Crippen LogP contribution < -0.4 is 10.1 Å². The largest absolute Gasteiger partial charge is 0.481 e. The van der Waals surface area contributed by atoms with Crippen LogP contribution in [0.1, 0.15) is 73.2 Å². The maximum absolute atomic E-state index is 11.4. The fourth-order valence-corrected chi connectivity index (χ4v) is 4.46. The summed E-state index contributed by atoms with van der Waals surface area (Å²) in [6, 6.07) is 6.48. The van der Waals surface area contributed by atoms with Crippen molar-refractivity contribution in [1.29, 1.82) is 0 Å². The Morgan fingerprint density at radius 2 is 2.07 bits per heavy atom. The maximum atomic E-state index is 11.4. The summed E-state index contributed by atoms with van der Waals surface area (Å²) in [5.41, 5.74) is 4.64. The first kappa shape index (κ1) is 20.6. The van der Waals surface area contributed by atoms with Gasteiger partial charge in [-0.1, -0.05) is 25.3 Å². The summed E-state index contributed by atoms with van der Waals surface area (Å²) >= 11 is 0. The molecule has 0 radical (unpaired) electrons. The van der Waals surface area contributed by atoms with Crippen LogP contribution in [0, 0.1) is 0 Å². The highest BCUT2D eigenvalue weighted by atomic mass is 16.5. The molecule has 4 heterocycles. The Morgan fingerprint density at radius 1 is 1.17 bits per heavy atom. The van der Waals surface area contributed by atoms with Gasteiger partial charge in [-0.15, -0.1) is 0 Å². The lowest BCUT2D eigenvalue weighted by atomic mass is 9.90. The molecule has 2 aliphatic heterocycles. The number of fused-ring (bicyclic) bond motifs is 2. The van der Waals surface area contributed by atoms with Crippen LogP contribution in [-0.2, 0) is 24.1 Å². The van der Waals surface area contributed by atoms with Crippen molar-refractivity contribution in [1.82, 2.24) is 9.97 Å². The number of nitrogens with one attached hydrogen (secondary N) is 1. The molecular weight excluding hydrogens is 378 g/mol. The second kappa shape index (κ2) is 9.92. The zero-order valence-corrected chi connectivity index (χ0v) is 17.5. The quantitative estimate of drug-likeness (QED) is 0.561. The number of unbranched alkanes of at least 4 members (excludes halogenated alkanes) is 3. The van der Waals surface area contributed by atoms with E-state index in [4.69, 9.17) is 9.72 Å². The molecule has 0 saturated heterocycles. The van der Waals surface area contributed by atoms with Crippen LogP contribution in [0.3, 0.4) is 0 Å². The number of ether oxygens (including phenoxy) is 1. The van der Waals surface area contributed by atoms with Gasteiger partial charge in [-0.25, -0.2) is 9.97 Å². The van der Waals surface area contributed by atoms with E-state index in [1.807, 2.05) is 0 Å². The average Bonchev–Trinajstić information content (AvgIpc) is 3.23. The Hall–Kier alpha value is -2.63. The van der Waals surface area contributed by atoms with Crippen molar-refractivity contribution in [2.45, 2.75) is 70.1 Å². The van der Waals surface area contributed by atoms with Crippen molar-refractivity contribution in [3.05, 3.63) is 46.8 Å². The number of carboxylic acid groups (broad SMARTS) is 1. The Morgan fingerprint density at radius 3 is 2.97 bits per heavy atom. The molecule has 30 heavy (non-hydrogen) atoms. The zero-order valence-electron chi connectivity index (χ0n) is 17.5. The molecule has 0 saturated carbocycles. The zero-order chi connectivity index (χ0) is 20.8. The van der Waals surface area contributed by atoms with Gasteiger partial charge >= 0.3 is 5.97 Å². The van der Waals surface area contributed by atoms with Gasteiger partial charge in [0.2, 0.25) is 5.88 Å². The highest BCUT2D eigenvalue weighted by Crippen LogP contribution is 2.31. The van der Waals surface area contributed by atoms with E-state index >= 15 is 0 Å². The van der Waals surface area contributed by atoms with E-state index in [0.717, 1.165) is 74.9 Å². The van der Waals surface area contributed by atoms with E-state index in [0.29, 0.717) is 12.5 Å². The summed E-state index contributed by atoms with van der Waals surface area (Å²) in [6.45, 7) is 1.69. The van der Waals surface area contributed by atoms with Gasteiger partial charge in [-0.05, 0) is 61.3 Å². The fraction of sp³-hybridized carbons (Fsp3) is 0.542. The third kappa shape index (κ3) is 5.29. The van der Waals surface area contributed by atoms with Gasteiger partial charge in [0.25, 0.3) is 0 Å². The summed E-state index contributed by atoms with van der Waals surface area (Å²) in [4.78, 5) is 20.5. The molecule has 4 rings (SSSR count). The number of carbonyl (C=O) groups is 1. The average molecular weight is 410 g/mol. The number of aryl methyl sites for hydroxylation is 2. The molecule has 6 nitrogen and oxygen atoms in total. The van der Waals surface area contributed by atoms with Gasteiger partial charge < -0.3 is 15.2 Å². The first-order chi connectivity index (χ1) is 14.7. The van der Waals surface area contributed by atoms with Crippen LogP contribution in [0.4, 0.5) is 5.82 Å². The third-order valence-corrected chi connectivity index (χ3v) is 6.14. The number of hydrogen-bond donors (Lipinski definition) is 2. The van der Waals surface area contributed by atoms with Gasteiger partial charge in [-0.3, -0.25) is 4.79 Å². The molecule has 2 aromatic rings. The Balaban J connectivity index is 1.22. The van der Waals surface area contributed by atoms with E-state index in [1.165, 1.54) is 17.7 Å². The Kier molecular flexibility index (Phi) is 6.82. The van der Waals surface area contributed by atoms with E-state index < -0.39 is 5.97 Å². The molecule has 0 unspecified atom stereocenters. The summed E-state index contributed by atoms with van der Waals surface area (Å²) in [7, 11) is 0. The topological polar surface area (TPSA) is 84.3 Å². The highest BCUT2D eigenvalue weighted by molar-refractivity contribution is 5.68. The van der Waals surface area contributed by atoms with Gasteiger partial charge in [0.1, 0.15) is 5.82 Å². The molecule has 2 N–H and O–H groups in total. The van der Waals surface area contributed by atoms with Crippen molar-refractivity contribution >= 4 is 11.8 Å². The van der Waals surface area contributed by atoms with E-state index in [9.17, 15) is 9.90 Å². The van der Waals surface area contributed by atoms with Crippen LogP contribution in [-0.4, -0.2) is 34.2 Å². The van der Waals surface area contributed by atoms with E-state index in [1.54, 1.807) is 6.20 Å². The molecule has 1 atom stereocenters. The molecule has 0 spiro atoms. The van der Waals surface area contributed by atoms with Gasteiger partial charge in [0, 0.05) is 30.4 Å². The van der Waals surface area contributed by atoms with Crippen molar-refractivity contribution in [3.63, 3.8) is 0 Å². The van der Waals surface area contributed by atoms with Crippen molar-refractivity contribution in [2.75, 3.05) is 18.5 Å². The predicted molar refractivity (Wildman–Crippen MR) is 116 cm³/mol. The molecule has 2 aliphatic rings. The lowest BCUT2D eigenvalue weighted by Gasteiger charge is -2.17. The third-order valence-electron chi connectivity index (χ3n) is 6.14. The van der Waals surface area contributed by atoms with Crippen LogP contribution >= 0.6 is 0 Å². The minimum atomic E-state index is -0.746. The summed E-state index contributed by atoms with van der Waals surface area (Å²) < 4.78 is 5.47. The number of rotatable bonds is 10. The number of hydrogen-bond acceptors (Lipinski definition) is 5. The second-order valence-corrected chi connectivity index (χ2v) is 8.42. The van der Waals surface area contributed by atoms with Crippen LogP contribution in [0.5, 0.6) is 5.88 Å². The van der Waals surface area contributed by atoms with Crippen LogP contribution in [0.25, 0.3) is 0 Å². The molecule has 0 fully saturated rings. The Labute approximate surface area is 178 Å². The first-order valence-corrected chi connectivity index (χ1v) is 11.2. The van der Waals surface area contributed by atoms with E-state index in [2.05, 4.69) is 28.5 Å². The summed E-state index contributed by atoms with van der Waals surface area (Å²) in [5, 5.41) is 12.7. The predicted octanol–water partition coefficient (Wildman–Crippen LogP) is 4.52. The van der Waals surface area contributed by atoms with Crippen molar-refractivity contribution in [3.8, 4) is 5.88 Å². The molecule has 0 aromatic carbocycles. The van der Waals surface area contributed by atoms with Gasteiger partial charge in [0.15, 0.2) is 0 Å². The first-order valence-electron chi connectivity index (χ1n) is 11.2. The second-order valence-electron chi connectivity index (χ2n) is 8.42. The number of carboxylic acids is 1. The minimum Gasteiger partial charge on any atom is -0.481 e. The molecule has 0 amide bonds. The molecule has 0 aliphatic carbocycles. The van der Waals surface area contributed by atoms with Crippen molar-refractivity contribution in [2.24, 2.45) is 0 Å². The fourth-order valence-electron chi connectivity index (χ4n) is 4.46. The minimum absolute atomic E-state index is 0.0225. The van der Waals surface area contributed by atoms with E-state index in [-0.39, 0.29) is 12.3 Å². The number of aliphatic carboxylic acids is 1. The SMILES string of the molecule is O=C(O)C[C@@H](CCCCCCc1ccc2c(n1)NCCC2)c1cnc2c(c1)CCO2. The molecule has 6 heteroatoms. The molecule has 160 valence electrons. The van der Waals surface area contributed by atoms with Crippen LogP contribution in [0.15, 0.2) is 24.4 Å². The lowest BCUT2D eigenvalue weighted by molar-refractivity contribution is -0.137. The Bertz CT molecular complexity index is 884. The number of pyridine rings is 2. The maximum Gasteiger partial charge on any atom is 0.303 e. The normalized spacial score (nSPS) is 15.6. The van der Waals surface area contributed by atoms with Gasteiger partial charge in [0.05, 0.1) is 13.0 Å². The number of nitrogens with zero attached hydrogens (tertiary/aromatic N) is 2. The lowest BCUT2D eigenvalue weighted by Crippen LogP contribution is -2.13. The highest BCUT2D eigenvalue weighted by Gasteiger charge is 2.20. The smallest absolute Gasteiger partial charge is 0.303 e. The summed E-state index contributed by atoms with van der Waals surface area (Å²) in [5.74, 6) is 1.06. The molecule has 0 bridgehead atoms. The number of aromatic nitrogens is 2. The van der Waals surface area contributed by atoms with Crippen LogP contribution in [0.2, 0.25) is 0 Å². The number of anilines is 1. The summed E-state index contributed by atoms with van der Waals surface area (Å²) in [6.07, 6.45) is 11.4. The van der Waals surface area contributed by atoms with Gasteiger partial charge in [-0.2, -0.15) is 0 Å².